The van der Waals surface area contributed by atoms with Crippen molar-refractivity contribution in [3.8, 4) is 0 Å². The number of methoxy groups -OCH3 is 1. The molecule has 0 radical (unpaired) electrons. The minimum atomic E-state index is -0.862. The molecule has 0 aliphatic carbocycles. The van der Waals surface area contributed by atoms with Crippen molar-refractivity contribution in [1.82, 2.24) is 5.32 Å². The van der Waals surface area contributed by atoms with Gasteiger partial charge in [0, 0.05) is 4.47 Å². The van der Waals surface area contributed by atoms with Crippen molar-refractivity contribution >= 4 is 50.2 Å². The van der Waals surface area contributed by atoms with Crippen molar-refractivity contribution < 1.29 is 19.1 Å². The van der Waals surface area contributed by atoms with Crippen LogP contribution < -0.4 is 10.6 Å². The van der Waals surface area contributed by atoms with Crippen molar-refractivity contribution in [2.24, 2.45) is 0 Å². The van der Waals surface area contributed by atoms with Gasteiger partial charge in [-0.3, -0.25) is 14.9 Å². The smallest absolute Gasteiger partial charge is 0.413 e. The lowest BCUT2D eigenvalue weighted by atomic mass is 10.2. The van der Waals surface area contributed by atoms with E-state index in [2.05, 4.69) is 26.0 Å². The summed E-state index contributed by atoms with van der Waals surface area (Å²) in [5, 5.41) is 6.69. The maximum Gasteiger partial charge on any atom is 0.413 e. The molecule has 114 valence electrons. The van der Waals surface area contributed by atoms with E-state index in [9.17, 15) is 14.4 Å². The van der Waals surface area contributed by atoms with E-state index in [1.165, 1.54) is 17.4 Å². The van der Waals surface area contributed by atoms with E-state index < -0.39 is 12.0 Å². The van der Waals surface area contributed by atoms with E-state index in [1.54, 1.807) is 29.6 Å². The molecule has 8 heteroatoms. The molecule has 0 unspecified atom stereocenters. The second-order valence-corrected chi connectivity index (χ2v) is 5.81. The first-order valence-electron chi connectivity index (χ1n) is 6.05. The number of rotatable bonds is 3. The fourth-order valence-corrected chi connectivity index (χ4v) is 2.86. The van der Waals surface area contributed by atoms with Gasteiger partial charge in [0.2, 0.25) is 0 Å². The standard InChI is InChI=1S/C14H11BrN2O4S/c1-21-14(20)17-12(19)9-6-7-22-13(9)16-11(18)8-4-2-3-5-10(8)15/h2-7H,1H3,(H,16,18)(H,17,19,20). The quantitative estimate of drug-likeness (QED) is 0.852. The molecule has 0 bridgehead atoms. The monoisotopic (exact) mass is 382 g/mol. The molecule has 1 aromatic carbocycles. The number of amides is 3. The third kappa shape index (κ3) is 3.71. The van der Waals surface area contributed by atoms with Crippen LogP contribution in [0.4, 0.5) is 9.80 Å². The summed E-state index contributed by atoms with van der Waals surface area (Å²) in [4.78, 5) is 35.2. The minimum Gasteiger partial charge on any atom is -0.453 e. The largest absolute Gasteiger partial charge is 0.453 e. The second kappa shape index (κ2) is 7.19. The van der Waals surface area contributed by atoms with Crippen molar-refractivity contribution in [2.45, 2.75) is 0 Å². The molecule has 22 heavy (non-hydrogen) atoms. The Morgan fingerprint density at radius 1 is 1.09 bits per heavy atom. The van der Waals surface area contributed by atoms with E-state index in [0.717, 1.165) is 7.11 Å². The number of carbonyl (C=O) groups excluding carboxylic acids is 3. The highest BCUT2D eigenvalue weighted by molar-refractivity contribution is 9.10. The summed E-state index contributed by atoms with van der Waals surface area (Å²) in [6.45, 7) is 0. The second-order valence-electron chi connectivity index (χ2n) is 4.04. The fourth-order valence-electron chi connectivity index (χ4n) is 1.61. The van der Waals surface area contributed by atoms with Crippen LogP contribution in [0.2, 0.25) is 0 Å². The van der Waals surface area contributed by atoms with Gasteiger partial charge in [0.25, 0.3) is 11.8 Å². The molecule has 0 saturated heterocycles. The minimum absolute atomic E-state index is 0.191. The van der Waals surface area contributed by atoms with Crippen LogP contribution in [0.5, 0.6) is 0 Å². The van der Waals surface area contributed by atoms with Gasteiger partial charge in [0.15, 0.2) is 0 Å². The van der Waals surface area contributed by atoms with Crippen LogP contribution in [0.25, 0.3) is 0 Å². The zero-order valence-electron chi connectivity index (χ0n) is 11.4. The highest BCUT2D eigenvalue weighted by atomic mass is 79.9. The Morgan fingerprint density at radius 2 is 1.82 bits per heavy atom. The van der Waals surface area contributed by atoms with Gasteiger partial charge >= 0.3 is 6.09 Å². The first-order valence-corrected chi connectivity index (χ1v) is 7.73. The van der Waals surface area contributed by atoms with Gasteiger partial charge in [0.1, 0.15) is 5.00 Å². The van der Waals surface area contributed by atoms with Gasteiger partial charge in [-0.2, -0.15) is 0 Å². The molecule has 2 aromatic rings. The predicted molar refractivity (Wildman–Crippen MR) is 86.3 cm³/mol. The number of thiophene rings is 1. The van der Waals surface area contributed by atoms with E-state index in [0.29, 0.717) is 15.0 Å². The molecule has 0 saturated carbocycles. The molecule has 0 atom stereocenters. The highest BCUT2D eigenvalue weighted by Gasteiger charge is 2.18. The van der Waals surface area contributed by atoms with Gasteiger partial charge < -0.3 is 10.1 Å². The lowest BCUT2D eigenvalue weighted by Gasteiger charge is -2.07. The zero-order chi connectivity index (χ0) is 16.1. The SMILES string of the molecule is COC(=O)NC(=O)c1ccsc1NC(=O)c1ccccc1Br. The molecule has 3 amide bonds. The van der Waals surface area contributed by atoms with E-state index >= 15 is 0 Å². The van der Waals surface area contributed by atoms with Crippen molar-refractivity contribution in [2.75, 3.05) is 12.4 Å². The topological polar surface area (TPSA) is 84.5 Å². The van der Waals surface area contributed by atoms with Crippen LogP contribution in [-0.2, 0) is 4.74 Å². The lowest BCUT2D eigenvalue weighted by Crippen LogP contribution is -2.30. The number of benzene rings is 1. The maximum absolute atomic E-state index is 12.2. The molecule has 2 N–H and O–H groups in total. The molecule has 0 aliphatic rings. The van der Waals surface area contributed by atoms with Gasteiger partial charge in [0.05, 0.1) is 18.2 Å². The third-order valence-corrected chi connectivity index (χ3v) is 4.18. The van der Waals surface area contributed by atoms with Crippen LogP contribution in [0.15, 0.2) is 40.2 Å². The normalized spacial score (nSPS) is 9.91. The highest BCUT2D eigenvalue weighted by Crippen LogP contribution is 2.25. The molecule has 2 rings (SSSR count). The average molecular weight is 383 g/mol. The molecule has 6 nitrogen and oxygen atoms in total. The van der Waals surface area contributed by atoms with E-state index in [4.69, 9.17) is 0 Å². The summed E-state index contributed by atoms with van der Waals surface area (Å²) in [5.41, 5.74) is 0.631. The Morgan fingerprint density at radius 3 is 2.50 bits per heavy atom. The number of alkyl carbamates (subject to hydrolysis) is 1. The summed E-state index contributed by atoms with van der Waals surface area (Å²) in [5.74, 6) is -1.00. The average Bonchev–Trinajstić information content (AvgIpc) is 2.95. The van der Waals surface area contributed by atoms with Crippen molar-refractivity contribution in [3.63, 3.8) is 0 Å². The molecule has 0 spiro atoms. The van der Waals surface area contributed by atoms with Crippen molar-refractivity contribution in [3.05, 3.63) is 51.3 Å². The van der Waals surface area contributed by atoms with Gasteiger partial charge in [-0.1, -0.05) is 12.1 Å². The zero-order valence-corrected chi connectivity index (χ0v) is 13.8. The van der Waals surface area contributed by atoms with Crippen LogP contribution in [0.3, 0.4) is 0 Å². The van der Waals surface area contributed by atoms with E-state index in [1.807, 2.05) is 5.32 Å². The number of anilines is 1. The van der Waals surface area contributed by atoms with Crippen LogP contribution in [0, 0.1) is 0 Å². The van der Waals surface area contributed by atoms with Crippen molar-refractivity contribution in [1.29, 1.82) is 0 Å². The number of imide groups is 1. The number of hydrogen-bond donors (Lipinski definition) is 2. The molecule has 1 heterocycles. The first-order chi connectivity index (χ1) is 10.5. The van der Waals surface area contributed by atoms with Crippen LogP contribution in [0.1, 0.15) is 20.7 Å². The Kier molecular flexibility index (Phi) is 5.29. The molecular formula is C14H11BrN2O4S. The number of carbonyl (C=O) groups is 3. The van der Waals surface area contributed by atoms with Crippen LogP contribution >= 0.6 is 27.3 Å². The predicted octanol–water partition coefficient (Wildman–Crippen LogP) is 3.26. The lowest BCUT2D eigenvalue weighted by molar-refractivity contribution is 0.0938. The Hall–Kier alpha value is -2.19. The molecular weight excluding hydrogens is 372 g/mol. The summed E-state index contributed by atoms with van der Waals surface area (Å²) in [6, 6.07) is 8.44. The summed E-state index contributed by atoms with van der Waals surface area (Å²) in [7, 11) is 1.16. The Labute approximate surface area is 138 Å². The number of ether oxygens (including phenoxy) is 1. The maximum atomic E-state index is 12.2. The number of halogens is 1. The molecule has 0 aliphatic heterocycles. The van der Waals surface area contributed by atoms with Crippen LogP contribution in [-0.4, -0.2) is 25.0 Å². The summed E-state index contributed by atoms with van der Waals surface area (Å²) < 4.78 is 5.01. The Balaban J connectivity index is 2.16. The van der Waals surface area contributed by atoms with Gasteiger partial charge in [-0.05, 0) is 39.5 Å². The van der Waals surface area contributed by atoms with Gasteiger partial charge in [-0.15, -0.1) is 11.3 Å². The van der Waals surface area contributed by atoms with E-state index in [-0.39, 0.29) is 11.5 Å². The Bertz CT molecular complexity index is 729. The first kappa shape index (κ1) is 16.2. The molecule has 1 aromatic heterocycles. The number of hydrogen-bond acceptors (Lipinski definition) is 5. The van der Waals surface area contributed by atoms with Gasteiger partial charge in [-0.25, -0.2) is 4.79 Å². The molecule has 0 fully saturated rings. The summed E-state index contributed by atoms with van der Waals surface area (Å²) >= 11 is 4.47. The third-order valence-electron chi connectivity index (χ3n) is 2.66. The summed E-state index contributed by atoms with van der Waals surface area (Å²) in [6.07, 6.45) is -0.862. The fraction of sp³-hybridized carbons (Fsp3) is 0.0714. The number of nitrogens with one attached hydrogen (secondary N) is 2.